The van der Waals surface area contributed by atoms with E-state index in [0.29, 0.717) is 5.82 Å². The highest BCUT2D eigenvalue weighted by atomic mass is 16.5. The maximum Gasteiger partial charge on any atom is 0.163 e. The average molecular weight is 374 g/mol. The summed E-state index contributed by atoms with van der Waals surface area (Å²) in [5.74, 6) is 2.28. The van der Waals surface area contributed by atoms with Crippen LogP contribution in [0.15, 0.2) is 54.6 Å². The number of hydrogen-bond acceptors (Lipinski definition) is 5. The summed E-state index contributed by atoms with van der Waals surface area (Å²) < 4.78 is 5.72. The number of rotatable bonds is 6. The van der Waals surface area contributed by atoms with Crippen molar-refractivity contribution in [3.8, 4) is 11.4 Å². The van der Waals surface area contributed by atoms with Gasteiger partial charge in [-0.15, -0.1) is 0 Å². The molecular formula is C23H26N4O. The van der Waals surface area contributed by atoms with Crippen molar-refractivity contribution in [3.05, 3.63) is 65.7 Å². The Morgan fingerprint density at radius 2 is 1.82 bits per heavy atom. The molecule has 2 heterocycles. The van der Waals surface area contributed by atoms with E-state index in [1.165, 1.54) is 11.1 Å². The minimum atomic E-state index is 0.255. The Morgan fingerprint density at radius 1 is 1.00 bits per heavy atom. The SMILES string of the molecule is Cc1ccc(C)c(Nc2cc(NCC3CCCO3)nc(-c3ccccc3)n2)c1. The monoisotopic (exact) mass is 374 g/mol. The number of anilines is 3. The summed E-state index contributed by atoms with van der Waals surface area (Å²) in [6.07, 6.45) is 2.48. The Kier molecular flexibility index (Phi) is 5.53. The van der Waals surface area contributed by atoms with E-state index in [2.05, 4.69) is 42.7 Å². The third kappa shape index (κ3) is 4.49. The summed E-state index contributed by atoms with van der Waals surface area (Å²) in [7, 11) is 0. The van der Waals surface area contributed by atoms with Gasteiger partial charge in [0.05, 0.1) is 6.10 Å². The van der Waals surface area contributed by atoms with Crippen molar-refractivity contribution in [2.45, 2.75) is 32.8 Å². The minimum absolute atomic E-state index is 0.255. The summed E-state index contributed by atoms with van der Waals surface area (Å²) in [6, 6.07) is 18.4. The first-order valence-electron chi connectivity index (χ1n) is 9.81. The largest absolute Gasteiger partial charge is 0.376 e. The second-order valence-electron chi connectivity index (χ2n) is 7.29. The number of hydrogen-bond donors (Lipinski definition) is 2. The van der Waals surface area contributed by atoms with Gasteiger partial charge in [-0.25, -0.2) is 9.97 Å². The lowest BCUT2D eigenvalue weighted by molar-refractivity contribution is 0.120. The molecule has 0 radical (unpaired) electrons. The summed E-state index contributed by atoms with van der Waals surface area (Å²) >= 11 is 0. The quantitative estimate of drug-likeness (QED) is 0.629. The van der Waals surface area contributed by atoms with Crippen LogP contribution in [0.3, 0.4) is 0 Å². The van der Waals surface area contributed by atoms with Crippen LogP contribution >= 0.6 is 0 Å². The molecule has 1 unspecified atom stereocenters. The molecule has 0 bridgehead atoms. The van der Waals surface area contributed by atoms with Crippen molar-refractivity contribution in [1.82, 2.24) is 9.97 Å². The maximum atomic E-state index is 5.72. The second kappa shape index (κ2) is 8.40. The molecule has 0 amide bonds. The van der Waals surface area contributed by atoms with Crippen molar-refractivity contribution in [3.63, 3.8) is 0 Å². The van der Waals surface area contributed by atoms with Crippen LogP contribution in [-0.2, 0) is 4.74 Å². The molecule has 1 atom stereocenters. The van der Waals surface area contributed by atoms with Crippen LogP contribution in [-0.4, -0.2) is 29.2 Å². The van der Waals surface area contributed by atoms with Crippen molar-refractivity contribution in [1.29, 1.82) is 0 Å². The molecule has 1 aliphatic heterocycles. The zero-order chi connectivity index (χ0) is 19.3. The maximum absolute atomic E-state index is 5.72. The molecule has 3 aromatic rings. The molecule has 2 aromatic carbocycles. The molecule has 0 aliphatic carbocycles. The van der Waals surface area contributed by atoms with Gasteiger partial charge in [0.1, 0.15) is 11.6 Å². The number of ether oxygens (including phenoxy) is 1. The van der Waals surface area contributed by atoms with Crippen LogP contribution in [0.2, 0.25) is 0 Å². The second-order valence-corrected chi connectivity index (χ2v) is 7.29. The third-order valence-corrected chi connectivity index (χ3v) is 4.95. The van der Waals surface area contributed by atoms with E-state index >= 15 is 0 Å². The molecule has 0 spiro atoms. The van der Waals surface area contributed by atoms with Gasteiger partial charge in [0.2, 0.25) is 0 Å². The van der Waals surface area contributed by atoms with Gasteiger partial charge >= 0.3 is 0 Å². The fraction of sp³-hybridized carbons (Fsp3) is 0.304. The molecule has 4 rings (SSSR count). The van der Waals surface area contributed by atoms with E-state index in [0.717, 1.165) is 48.9 Å². The van der Waals surface area contributed by atoms with Crippen LogP contribution in [0.1, 0.15) is 24.0 Å². The van der Waals surface area contributed by atoms with Crippen molar-refractivity contribution in [2.24, 2.45) is 0 Å². The van der Waals surface area contributed by atoms with Crippen LogP contribution < -0.4 is 10.6 Å². The number of nitrogens with one attached hydrogen (secondary N) is 2. The average Bonchev–Trinajstić information content (AvgIpc) is 3.23. The normalized spacial score (nSPS) is 16.1. The predicted molar refractivity (Wildman–Crippen MR) is 114 cm³/mol. The first kappa shape index (κ1) is 18.4. The molecule has 1 aliphatic rings. The lowest BCUT2D eigenvalue weighted by Crippen LogP contribution is -2.19. The molecule has 1 fully saturated rings. The zero-order valence-electron chi connectivity index (χ0n) is 16.4. The Balaban J connectivity index is 1.63. The lowest BCUT2D eigenvalue weighted by Gasteiger charge is -2.15. The highest BCUT2D eigenvalue weighted by Gasteiger charge is 2.16. The van der Waals surface area contributed by atoms with E-state index in [4.69, 9.17) is 14.7 Å². The van der Waals surface area contributed by atoms with E-state index in [1.54, 1.807) is 0 Å². The molecule has 2 N–H and O–H groups in total. The molecule has 1 saturated heterocycles. The summed E-state index contributed by atoms with van der Waals surface area (Å²) in [5.41, 5.74) is 4.44. The van der Waals surface area contributed by atoms with Gasteiger partial charge in [-0.1, -0.05) is 42.5 Å². The minimum Gasteiger partial charge on any atom is -0.376 e. The van der Waals surface area contributed by atoms with Gasteiger partial charge in [0.25, 0.3) is 0 Å². The zero-order valence-corrected chi connectivity index (χ0v) is 16.4. The molecule has 0 saturated carbocycles. The first-order valence-corrected chi connectivity index (χ1v) is 9.81. The number of nitrogens with zero attached hydrogens (tertiary/aromatic N) is 2. The Hall–Kier alpha value is -2.92. The highest BCUT2D eigenvalue weighted by Crippen LogP contribution is 2.25. The predicted octanol–water partition coefficient (Wildman–Crippen LogP) is 5.09. The van der Waals surface area contributed by atoms with Gasteiger partial charge in [0.15, 0.2) is 5.82 Å². The third-order valence-electron chi connectivity index (χ3n) is 4.95. The van der Waals surface area contributed by atoms with Gasteiger partial charge in [0, 0.05) is 30.5 Å². The summed E-state index contributed by atoms with van der Waals surface area (Å²) in [5, 5.41) is 6.90. The molecule has 28 heavy (non-hydrogen) atoms. The first-order chi connectivity index (χ1) is 13.7. The van der Waals surface area contributed by atoms with E-state index in [1.807, 2.05) is 36.4 Å². The van der Waals surface area contributed by atoms with Crippen LogP contribution in [0.25, 0.3) is 11.4 Å². The number of benzene rings is 2. The summed E-state index contributed by atoms with van der Waals surface area (Å²) in [4.78, 5) is 9.48. The fourth-order valence-electron chi connectivity index (χ4n) is 3.35. The van der Waals surface area contributed by atoms with Crippen LogP contribution in [0.5, 0.6) is 0 Å². The van der Waals surface area contributed by atoms with Gasteiger partial charge in [-0.05, 0) is 43.9 Å². The smallest absolute Gasteiger partial charge is 0.163 e. The van der Waals surface area contributed by atoms with Gasteiger partial charge in [-0.3, -0.25) is 0 Å². The highest BCUT2D eigenvalue weighted by molar-refractivity contribution is 5.67. The van der Waals surface area contributed by atoms with Crippen LogP contribution in [0.4, 0.5) is 17.3 Å². The standard InChI is InChI=1S/C23H26N4O/c1-16-10-11-17(2)20(13-16)25-22-14-21(24-15-19-9-6-12-28-19)26-23(27-22)18-7-4-3-5-8-18/h3-5,7-8,10-11,13-14,19H,6,9,12,15H2,1-2H3,(H2,24,25,26,27). The van der Waals surface area contributed by atoms with Crippen molar-refractivity contribution < 1.29 is 4.74 Å². The van der Waals surface area contributed by atoms with Crippen molar-refractivity contribution in [2.75, 3.05) is 23.8 Å². The molecule has 5 nitrogen and oxygen atoms in total. The van der Waals surface area contributed by atoms with Crippen LogP contribution in [0, 0.1) is 13.8 Å². The Morgan fingerprint density at radius 3 is 2.61 bits per heavy atom. The van der Waals surface area contributed by atoms with E-state index < -0.39 is 0 Å². The fourth-order valence-corrected chi connectivity index (χ4v) is 3.35. The Labute approximate surface area is 166 Å². The number of aromatic nitrogens is 2. The van der Waals surface area contributed by atoms with Gasteiger partial charge < -0.3 is 15.4 Å². The van der Waals surface area contributed by atoms with E-state index in [9.17, 15) is 0 Å². The Bertz CT molecular complexity index is 937. The molecule has 144 valence electrons. The van der Waals surface area contributed by atoms with Gasteiger partial charge in [-0.2, -0.15) is 0 Å². The molecular weight excluding hydrogens is 348 g/mol. The molecule has 1 aromatic heterocycles. The molecule has 5 heteroatoms. The summed E-state index contributed by atoms with van der Waals surface area (Å²) in [6.45, 7) is 5.80. The topological polar surface area (TPSA) is 59.1 Å². The number of aryl methyl sites for hydroxylation is 2. The van der Waals surface area contributed by atoms with E-state index in [-0.39, 0.29) is 6.10 Å². The van der Waals surface area contributed by atoms with Crippen molar-refractivity contribution >= 4 is 17.3 Å². The lowest BCUT2D eigenvalue weighted by atomic mass is 10.1.